The van der Waals surface area contributed by atoms with Gasteiger partial charge in [0.05, 0.1) is 6.26 Å². The van der Waals surface area contributed by atoms with Gasteiger partial charge in [-0.15, -0.1) is 0 Å². The molecule has 14 heavy (non-hydrogen) atoms. The normalized spacial score (nSPS) is 9.43. The number of aliphatic carboxylic acids is 1. The van der Waals surface area contributed by atoms with Crippen LogP contribution >= 0.6 is 0 Å². The summed E-state index contributed by atoms with van der Waals surface area (Å²) >= 11 is 0. The lowest BCUT2D eigenvalue weighted by Crippen LogP contribution is -1.98. The van der Waals surface area contributed by atoms with E-state index < -0.39 is 5.97 Å². The van der Waals surface area contributed by atoms with Crippen LogP contribution in [0.5, 0.6) is 0 Å². The third-order valence-electron chi connectivity index (χ3n) is 1.74. The topological polar surface area (TPSA) is 63.6 Å². The van der Waals surface area contributed by atoms with Gasteiger partial charge in [0.2, 0.25) is 0 Å². The molecular weight excluding hydrogens is 184 g/mol. The summed E-state index contributed by atoms with van der Waals surface area (Å²) in [4.78, 5) is 20.9. The van der Waals surface area contributed by atoms with E-state index in [9.17, 15) is 9.59 Å². The predicted molar refractivity (Wildman–Crippen MR) is 51.6 cm³/mol. The average Bonchev–Trinajstić information content (AvgIpc) is 2.11. The molecule has 0 amide bonds. The van der Waals surface area contributed by atoms with Crippen LogP contribution in [0.25, 0.3) is 0 Å². The van der Waals surface area contributed by atoms with Crippen molar-refractivity contribution in [3.63, 3.8) is 0 Å². The minimum atomic E-state index is -0.768. The highest BCUT2D eigenvalue weighted by Crippen LogP contribution is 2.06. The molecule has 1 N–H and O–H groups in total. The van der Waals surface area contributed by atoms with Gasteiger partial charge in [0.1, 0.15) is 0 Å². The molecule has 0 saturated carbocycles. The van der Waals surface area contributed by atoms with Crippen molar-refractivity contribution in [1.29, 1.82) is 0 Å². The van der Waals surface area contributed by atoms with Crippen LogP contribution in [-0.4, -0.2) is 17.0 Å². The maximum absolute atomic E-state index is 10.8. The van der Waals surface area contributed by atoms with Crippen molar-refractivity contribution in [1.82, 2.24) is 0 Å². The zero-order valence-electron chi connectivity index (χ0n) is 8.20. The fourth-order valence-electron chi connectivity index (χ4n) is 1.05. The van der Waals surface area contributed by atoms with E-state index in [4.69, 9.17) is 5.11 Å². The standard InChI is InChI=1S/C10H16O4/c1-2-14-10(13)8-6-4-3-5-7-9(11)12/h2H,1,3-8H2,(H,11,12). The Balaban J connectivity index is 3.17. The molecule has 0 aliphatic heterocycles. The molecule has 0 aliphatic carbocycles. The molecule has 0 aromatic rings. The van der Waals surface area contributed by atoms with Crippen LogP contribution in [0.3, 0.4) is 0 Å². The van der Waals surface area contributed by atoms with Crippen LogP contribution in [0, 0.1) is 0 Å². The van der Waals surface area contributed by atoms with Crippen molar-refractivity contribution in [3.8, 4) is 0 Å². The van der Waals surface area contributed by atoms with Crippen molar-refractivity contribution in [3.05, 3.63) is 12.8 Å². The van der Waals surface area contributed by atoms with E-state index in [-0.39, 0.29) is 12.4 Å². The van der Waals surface area contributed by atoms with Gasteiger partial charge >= 0.3 is 11.9 Å². The van der Waals surface area contributed by atoms with Crippen LogP contribution in [0.1, 0.15) is 38.5 Å². The van der Waals surface area contributed by atoms with Crippen LogP contribution in [-0.2, 0) is 14.3 Å². The second kappa shape index (κ2) is 8.29. The molecular formula is C10H16O4. The quantitative estimate of drug-likeness (QED) is 0.370. The summed E-state index contributed by atoms with van der Waals surface area (Å²) in [5.74, 6) is -1.05. The highest BCUT2D eigenvalue weighted by atomic mass is 16.5. The maximum Gasteiger partial charge on any atom is 0.310 e. The number of hydrogen-bond donors (Lipinski definition) is 1. The van der Waals surface area contributed by atoms with Gasteiger partial charge in [-0.05, 0) is 12.8 Å². The van der Waals surface area contributed by atoms with Crippen LogP contribution in [0.15, 0.2) is 12.8 Å². The van der Waals surface area contributed by atoms with Gasteiger partial charge in [-0.3, -0.25) is 9.59 Å². The number of carbonyl (C=O) groups is 2. The summed E-state index contributed by atoms with van der Waals surface area (Å²) in [5.41, 5.74) is 0. The Morgan fingerprint density at radius 1 is 1.14 bits per heavy atom. The number of hydrogen-bond acceptors (Lipinski definition) is 3. The summed E-state index contributed by atoms with van der Waals surface area (Å²) in [6, 6.07) is 0. The van der Waals surface area contributed by atoms with E-state index in [2.05, 4.69) is 11.3 Å². The Morgan fingerprint density at radius 2 is 1.71 bits per heavy atom. The molecule has 0 rings (SSSR count). The highest BCUT2D eigenvalue weighted by molar-refractivity contribution is 5.69. The first kappa shape index (κ1) is 12.7. The van der Waals surface area contributed by atoms with Crippen LogP contribution < -0.4 is 0 Å². The SMILES string of the molecule is C=COC(=O)CCCCCCC(=O)O. The molecule has 0 heterocycles. The molecule has 0 aromatic heterocycles. The third-order valence-corrected chi connectivity index (χ3v) is 1.74. The number of unbranched alkanes of at least 4 members (excludes halogenated alkanes) is 3. The molecule has 0 bridgehead atoms. The van der Waals surface area contributed by atoms with E-state index in [1.54, 1.807) is 0 Å². The number of carboxylic acid groups (broad SMARTS) is 1. The van der Waals surface area contributed by atoms with E-state index in [0.29, 0.717) is 12.8 Å². The molecule has 80 valence electrons. The molecule has 0 aromatic carbocycles. The average molecular weight is 200 g/mol. The Bertz CT molecular complexity index is 198. The monoisotopic (exact) mass is 200 g/mol. The minimum absolute atomic E-state index is 0.205. The number of carboxylic acids is 1. The van der Waals surface area contributed by atoms with Crippen molar-refractivity contribution < 1.29 is 19.4 Å². The molecule has 0 saturated heterocycles. The first-order valence-electron chi connectivity index (χ1n) is 4.69. The molecule has 4 heteroatoms. The van der Waals surface area contributed by atoms with Crippen molar-refractivity contribution in [2.45, 2.75) is 38.5 Å². The second-order valence-electron chi connectivity index (χ2n) is 2.96. The Hall–Kier alpha value is -1.32. The van der Waals surface area contributed by atoms with Gasteiger partial charge in [-0.25, -0.2) is 0 Å². The molecule has 4 nitrogen and oxygen atoms in total. The summed E-state index contributed by atoms with van der Waals surface area (Å²) in [6.45, 7) is 3.27. The van der Waals surface area contributed by atoms with Gasteiger partial charge in [-0.1, -0.05) is 19.4 Å². The molecule has 0 atom stereocenters. The maximum atomic E-state index is 10.8. The summed E-state index contributed by atoms with van der Waals surface area (Å²) in [7, 11) is 0. The zero-order valence-corrected chi connectivity index (χ0v) is 8.20. The van der Waals surface area contributed by atoms with E-state index in [1.165, 1.54) is 0 Å². The van der Waals surface area contributed by atoms with Crippen molar-refractivity contribution in [2.24, 2.45) is 0 Å². The van der Waals surface area contributed by atoms with Crippen LogP contribution in [0.2, 0.25) is 0 Å². The molecule has 0 fully saturated rings. The first-order valence-corrected chi connectivity index (χ1v) is 4.69. The molecule has 0 aliphatic rings. The van der Waals surface area contributed by atoms with E-state index >= 15 is 0 Å². The van der Waals surface area contributed by atoms with Crippen LogP contribution in [0.4, 0.5) is 0 Å². The molecule has 0 unspecified atom stereocenters. The Kier molecular flexibility index (Phi) is 7.50. The minimum Gasteiger partial charge on any atom is -0.481 e. The number of esters is 1. The van der Waals surface area contributed by atoms with Gasteiger partial charge in [-0.2, -0.15) is 0 Å². The molecule has 0 spiro atoms. The van der Waals surface area contributed by atoms with E-state index in [1.807, 2.05) is 0 Å². The van der Waals surface area contributed by atoms with Gasteiger partial charge in [0, 0.05) is 12.8 Å². The zero-order chi connectivity index (χ0) is 10.8. The smallest absolute Gasteiger partial charge is 0.310 e. The molecule has 0 radical (unpaired) electrons. The largest absolute Gasteiger partial charge is 0.481 e. The lowest BCUT2D eigenvalue weighted by molar-refractivity contribution is -0.138. The number of carbonyl (C=O) groups excluding carboxylic acids is 1. The lowest BCUT2D eigenvalue weighted by Gasteiger charge is -1.99. The van der Waals surface area contributed by atoms with Gasteiger partial charge in [0.25, 0.3) is 0 Å². The summed E-state index contributed by atoms with van der Waals surface area (Å²) < 4.78 is 4.52. The predicted octanol–water partition coefficient (Wildman–Crippen LogP) is 2.10. The highest BCUT2D eigenvalue weighted by Gasteiger charge is 2.00. The third kappa shape index (κ3) is 8.77. The van der Waals surface area contributed by atoms with E-state index in [0.717, 1.165) is 25.5 Å². The van der Waals surface area contributed by atoms with Crippen molar-refractivity contribution in [2.75, 3.05) is 0 Å². The fourth-order valence-corrected chi connectivity index (χ4v) is 1.05. The Labute approximate surface area is 83.6 Å². The Morgan fingerprint density at radius 3 is 2.21 bits per heavy atom. The van der Waals surface area contributed by atoms with Gasteiger partial charge < -0.3 is 9.84 Å². The number of ether oxygens (including phenoxy) is 1. The lowest BCUT2D eigenvalue weighted by atomic mass is 10.1. The first-order chi connectivity index (χ1) is 6.66. The number of rotatable bonds is 8. The fraction of sp³-hybridized carbons (Fsp3) is 0.600. The van der Waals surface area contributed by atoms with Crippen molar-refractivity contribution >= 4 is 11.9 Å². The second-order valence-corrected chi connectivity index (χ2v) is 2.96. The summed E-state index contributed by atoms with van der Waals surface area (Å²) in [5, 5.41) is 8.34. The summed E-state index contributed by atoms with van der Waals surface area (Å²) in [6.07, 6.45) is 4.81. The van der Waals surface area contributed by atoms with Gasteiger partial charge in [0.15, 0.2) is 0 Å².